The van der Waals surface area contributed by atoms with Crippen molar-refractivity contribution in [3.63, 3.8) is 0 Å². The zero-order chi connectivity index (χ0) is 18.3. The molecule has 0 aromatic heterocycles. The van der Waals surface area contributed by atoms with Gasteiger partial charge in [0, 0.05) is 6.04 Å². The van der Waals surface area contributed by atoms with Crippen molar-refractivity contribution in [2.75, 3.05) is 31.3 Å². The Hall–Kier alpha value is -2.29. The second-order valence-electron chi connectivity index (χ2n) is 5.50. The molecule has 0 unspecified atom stereocenters. The summed E-state index contributed by atoms with van der Waals surface area (Å²) in [7, 11) is -3.07. The van der Waals surface area contributed by atoms with E-state index >= 15 is 0 Å². The topological polar surface area (TPSA) is 108 Å². The van der Waals surface area contributed by atoms with E-state index in [0.29, 0.717) is 24.5 Å². The normalized spacial score (nSPS) is 18.4. The highest BCUT2D eigenvalue weighted by molar-refractivity contribution is 7.91. The molecule has 1 aromatic rings. The molecule has 0 spiro atoms. The maximum atomic E-state index is 11.7. The Bertz CT molecular complexity index is 717. The van der Waals surface area contributed by atoms with Crippen LogP contribution in [0.25, 0.3) is 0 Å². The van der Waals surface area contributed by atoms with Gasteiger partial charge in [-0.2, -0.15) is 0 Å². The molecule has 138 valence electrons. The van der Waals surface area contributed by atoms with Crippen molar-refractivity contribution in [2.24, 2.45) is 0 Å². The first-order valence-electron chi connectivity index (χ1n) is 7.89. The van der Waals surface area contributed by atoms with E-state index in [9.17, 15) is 18.0 Å². The minimum atomic E-state index is -3.07. The van der Waals surface area contributed by atoms with Gasteiger partial charge in [0.2, 0.25) is 0 Å². The minimum absolute atomic E-state index is 0.0603. The van der Waals surface area contributed by atoms with Gasteiger partial charge in [-0.15, -0.1) is 0 Å². The van der Waals surface area contributed by atoms with Gasteiger partial charge < -0.3 is 19.5 Å². The lowest BCUT2D eigenvalue weighted by molar-refractivity contribution is -0.150. The average Bonchev–Trinajstić information content (AvgIpc) is 2.91. The van der Waals surface area contributed by atoms with E-state index in [1.807, 2.05) is 6.92 Å². The quantitative estimate of drug-likeness (QED) is 0.655. The van der Waals surface area contributed by atoms with Crippen LogP contribution in [-0.2, 0) is 24.2 Å². The lowest BCUT2D eigenvalue weighted by Crippen LogP contribution is -2.38. The Morgan fingerprint density at radius 3 is 2.44 bits per heavy atom. The van der Waals surface area contributed by atoms with E-state index < -0.39 is 34.4 Å². The fourth-order valence-corrected chi connectivity index (χ4v) is 4.02. The van der Waals surface area contributed by atoms with Crippen molar-refractivity contribution in [1.29, 1.82) is 0 Å². The summed E-state index contributed by atoms with van der Waals surface area (Å²) in [6.45, 7) is 1.45. The van der Waals surface area contributed by atoms with Crippen LogP contribution in [0, 0.1) is 0 Å². The third-order valence-electron chi connectivity index (χ3n) is 3.46. The summed E-state index contributed by atoms with van der Waals surface area (Å²) in [5, 5.41) is 2.53. The van der Waals surface area contributed by atoms with Crippen LogP contribution in [0.15, 0.2) is 24.3 Å². The van der Waals surface area contributed by atoms with Gasteiger partial charge in [-0.25, -0.2) is 13.2 Å². The first-order valence-corrected chi connectivity index (χ1v) is 9.72. The SMILES string of the molecule is CCOc1ccccc1OCC(=O)OCC(=O)N[C@H]1CCS(=O)(=O)C1. The number of ether oxygens (including phenoxy) is 3. The molecule has 1 N–H and O–H groups in total. The van der Waals surface area contributed by atoms with Gasteiger partial charge in [0.25, 0.3) is 5.91 Å². The molecule has 0 aliphatic carbocycles. The number of benzene rings is 1. The van der Waals surface area contributed by atoms with Crippen LogP contribution >= 0.6 is 0 Å². The van der Waals surface area contributed by atoms with Crippen molar-refractivity contribution < 1.29 is 32.2 Å². The first-order chi connectivity index (χ1) is 11.9. The molecule has 25 heavy (non-hydrogen) atoms. The maximum Gasteiger partial charge on any atom is 0.344 e. The van der Waals surface area contributed by atoms with Crippen LogP contribution in [0.3, 0.4) is 0 Å². The predicted molar refractivity (Wildman–Crippen MR) is 89.3 cm³/mol. The highest BCUT2D eigenvalue weighted by atomic mass is 32.2. The van der Waals surface area contributed by atoms with Gasteiger partial charge in [0.05, 0.1) is 18.1 Å². The molecule has 0 radical (unpaired) electrons. The number of hydrogen-bond donors (Lipinski definition) is 1. The lowest BCUT2D eigenvalue weighted by atomic mass is 10.2. The van der Waals surface area contributed by atoms with Crippen LogP contribution in [0.4, 0.5) is 0 Å². The summed E-state index contributed by atoms with van der Waals surface area (Å²) < 4.78 is 38.2. The maximum absolute atomic E-state index is 11.7. The molecule has 8 nitrogen and oxygen atoms in total. The Labute approximate surface area is 146 Å². The Kier molecular flexibility index (Phi) is 6.63. The van der Waals surface area contributed by atoms with Crippen molar-refractivity contribution in [3.05, 3.63) is 24.3 Å². The van der Waals surface area contributed by atoms with Crippen LogP contribution in [-0.4, -0.2) is 57.7 Å². The second-order valence-corrected chi connectivity index (χ2v) is 7.73. The number of nitrogens with one attached hydrogen (secondary N) is 1. The molecule has 1 aromatic carbocycles. The molecule has 1 heterocycles. The molecule has 2 rings (SSSR count). The van der Waals surface area contributed by atoms with E-state index in [1.54, 1.807) is 24.3 Å². The summed E-state index contributed by atoms with van der Waals surface area (Å²) in [4.78, 5) is 23.4. The number of carbonyl (C=O) groups excluding carboxylic acids is 2. The van der Waals surface area contributed by atoms with Gasteiger partial charge >= 0.3 is 5.97 Å². The fourth-order valence-electron chi connectivity index (χ4n) is 2.35. The number of hydrogen-bond acceptors (Lipinski definition) is 7. The Morgan fingerprint density at radius 2 is 1.84 bits per heavy atom. The number of carbonyl (C=O) groups is 2. The van der Waals surface area contributed by atoms with E-state index in [-0.39, 0.29) is 18.1 Å². The van der Waals surface area contributed by atoms with E-state index in [1.165, 1.54) is 0 Å². The van der Waals surface area contributed by atoms with E-state index in [0.717, 1.165) is 0 Å². The van der Waals surface area contributed by atoms with Crippen LogP contribution in [0.2, 0.25) is 0 Å². The summed E-state index contributed by atoms with van der Waals surface area (Å²) >= 11 is 0. The van der Waals surface area contributed by atoms with Gasteiger partial charge in [-0.05, 0) is 25.5 Å². The lowest BCUT2D eigenvalue weighted by Gasteiger charge is -2.12. The van der Waals surface area contributed by atoms with Crippen molar-refractivity contribution in [1.82, 2.24) is 5.32 Å². The zero-order valence-electron chi connectivity index (χ0n) is 13.9. The van der Waals surface area contributed by atoms with Crippen molar-refractivity contribution >= 4 is 21.7 Å². The molecule has 9 heteroatoms. The molecule has 1 fully saturated rings. The van der Waals surface area contributed by atoms with Gasteiger partial charge in [-0.1, -0.05) is 12.1 Å². The highest BCUT2D eigenvalue weighted by Gasteiger charge is 2.29. The van der Waals surface area contributed by atoms with E-state index in [4.69, 9.17) is 14.2 Å². The summed E-state index contributed by atoms with van der Waals surface area (Å²) in [5.41, 5.74) is 0. The third kappa shape index (κ3) is 6.26. The third-order valence-corrected chi connectivity index (χ3v) is 5.22. The summed E-state index contributed by atoms with van der Waals surface area (Å²) in [6.07, 6.45) is 0.374. The molecule has 1 saturated heterocycles. The molecule has 1 atom stereocenters. The number of amides is 1. The minimum Gasteiger partial charge on any atom is -0.490 e. The second kappa shape index (κ2) is 8.70. The molecule has 1 aliphatic heterocycles. The molecule has 0 bridgehead atoms. The first kappa shape index (κ1) is 19.0. The number of sulfone groups is 1. The fraction of sp³-hybridized carbons (Fsp3) is 0.500. The standard InChI is InChI=1S/C16H21NO7S/c1-2-22-13-5-3-4-6-14(13)23-10-16(19)24-9-15(18)17-12-7-8-25(20,21)11-12/h3-6,12H,2,7-11H2,1H3,(H,17,18)/t12-/m0/s1. The van der Waals surface area contributed by atoms with Crippen molar-refractivity contribution in [3.8, 4) is 11.5 Å². The predicted octanol–water partition coefficient (Wildman–Crippen LogP) is 0.311. The highest BCUT2D eigenvalue weighted by Crippen LogP contribution is 2.26. The summed E-state index contributed by atoms with van der Waals surface area (Å²) in [6, 6.07) is 6.47. The van der Waals surface area contributed by atoms with E-state index in [2.05, 4.69) is 5.32 Å². The van der Waals surface area contributed by atoms with Crippen LogP contribution in [0.1, 0.15) is 13.3 Å². The van der Waals surface area contributed by atoms with Crippen LogP contribution < -0.4 is 14.8 Å². The molecular formula is C16H21NO7S. The Balaban J connectivity index is 1.71. The van der Waals surface area contributed by atoms with Crippen LogP contribution in [0.5, 0.6) is 11.5 Å². The zero-order valence-corrected chi connectivity index (χ0v) is 14.7. The number of rotatable bonds is 8. The average molecular weight is 371 g/mol. The smallest absolute Gasteiger partial charge is 0.344 e. The monoisotopic (exact) mass is 371 g/mol. The largest absolute Gasteiger partial charge is 0.490 e. The molecule has 1 amide bonds. The summed E-state index contributed by atoms with van der Waals surface area (Å²) in [5.74, 6) is -0.347. The van der Waals surface area contributed by atoms with Gasteiger partial charge in [0.1, 0.15) is 0 Å². The molecular weight excluding hydrogens is 350 g/mol. The van der Waals surface area contributed by atoms with Crippen molar-refractivity contribution in [2.45, 2.75) is 19.4 Å². The number of para-hydroxylation sites is 2. The molecule has 0 saturated carbocycles. The number of esters is 1. The van der Waals surface area contributed by atoms with Gasteiger partial charge in [-0.3, -0.25) is 4.79 Å². The van der Waals surface area contributed by atoms with Gasteiger partial charge in [0.15, 0.2) is 34.6 Å². The molecule has 1 aliphatic rings. The Morgan fingerprint density at radius 1 is 1.16 bits per heavy atom.